The summed E-state index contributed by atoms with van der Waals surface area (Å²) >= 11 is 0. The summed E-state index contributed by atoms with van der Waals surface area (Å²) in [5.41, 5.74) is 0. The Hall–Kier alpha value is -0.120. The van der Waals surface area contributed by atoms with Crippen LogP contribution in [0.5, 0.6) is 0 Å². The molecule has 3 heteroatoms. The van der Waals surface area contributed by atoms with Crippen LogP contribution < -0.4 is 0 Å². The zero-order valence-corrected chi connectivity index (χ0v) is 8.13. The lowest BCUT2D eigenvalue weighted by Crippen LogP contribution is -2.29. The van der Waals surface area contributed by atoms with E-state index in [2.05, 4.69) is 0 Å². The Morgan fingerprint density at radius 2 is 2.17 bits per heavy atom. The molecule has 0 aromatic rings. The van der Waals surface area contributed by atoms with Crippen molar-refractivity contribution in [2.75, 3.05) is 13.2 Å². The first-order chi connectivity index (χ1) is 5.70. The fraction of sp³-hybridized carbons (Fsp3) is 1.00. The normalized spacial score (nSPS) is 35.8. The molecule has 0 bridgehead atoms. The average Bonchev–Trinajstić information content (AvgIpc) is 2.34. The van der Waals surface area contributed by atoms with Gasteiger partial charge in [0.05, 0.1) is 0 Å². The monoisotopic (exact) mass is 174 g/mol. The van der Waals surface area contributed by atoms with Gasteiger partial charge in [0.2, 0.25) is 0 Å². The summed E-state index contributed by atoms with van der Waals surface area (Å²) in [4.78, 5) is 0. The van der Waals surface area contributed by atoms with Gasteiger partial charge in [-0.2, -0.15) is 0 Å². The molecule has 1 heterocycles. The maximum atomic E-state index is 5.59. The Morgan fingerprint density at radius 3 is 2.75 bits per heavy atom. The molecular formula is C9H18O3. The molecule has 0 aromatic heterocycles. The number of ether oxygens (including phenoxy) is 3. The predicted octanol–water partition coefficient (Wildman–Crippen LogP) is 1.91. The van der Waals surface area contributed by atoms with Crippen LogP contribution in [0, 0.1) is 0 Å². The van der Waals surface area contributed by atoms with Crippen molar-refractivity contribution in [3.8, 4) is 0 Å². The van der Waals surface area contributed by atoms with Gasteiger partial charge in [-0.15, -0.1) is 0 Å². The smallest absolute Gasteiger partial charge is 0.168 e. The van der Waals surface area contributed by atoms with Crippen LogP contribution in [0.25, 0.3) is 0 Å². The van der Waals surface area contributed by atoms with Crippen LogP contribution in [0.4, 0.5) is 0 Å². The highest BCUT2D eigenvalue weighted by molar-refractivity contribution is 4.72. The van der Waals surface area contributed by atoms with E-state index in [-0.39, 0.29) is 6.29 Å². The predicted molar refractivity (Wildman–Crippen MR) is 45.8 cm³/mol. The first-order valence-electron chi connectivity index (χ1n) is 4.63. The summed E-state index contributed by atoms with van der Waals surface area (Å²) in [6.07, 6.45) is 1.79. The zero-order chi connectivity index (χ0) is 9.03. The van der Waals surface area contributed by atoms with Crippen molar-refractivity contribution in [3.05, 3.63) is 0 Å². The van der Waals surface area contributed by atoms with E-state index in [4.69, 9.17) is 14.2 Å². The Bertz CT molecular complexity index is 138. The average molecular weight is 174 g/mol. The van der Waals surface area contributed by atoms with Crippen molar-refractivity contribution in [1.82, 2.24) is 0 Å². The number of hydrogen-bond acceptors (Lipinski definition) is 3. The second kappa shape index (κ2) is 4.21. The minimum Gasteiger partial charge on any atom is -0.353 e. The molecule has 0 saturated carbocycles. The maximum absolute atomic E-state index is 5.59. The molecule has 2 unspecified atom stereocenters. The van der Waals surface area contributed by atoms with E-state index in [1.165, 1.54) is 0 Å². The van der Waals surface area contributed by atoms with Gasteiger partial charge in [0.25, 0.3) is 0 Å². The van der Waals surface area contributed by atoms with E-state index in [1.807, 2.05) is 20.8 Å². The molecule has 12 heavy (non-hydrogen) atoms. The van der Waals surface area contributed by atoms with Gasteiger partial charge in [0, 0.05) is 26.1 Å². The van der Waals surface area contributed by atoms with E-state index in [9.17, 15) is 0 Å². The highest BCUT2D eigenvalue weighted by Gasteiger charge is 2.36. The minimum atomic E-state index is -0.408. The summed E-state index contributed by atoms with van der Waals surface area (Å²) in [6.45, 7) is 7.31. The molecule has 0 aromatic carbocycles. The molecule has 0 radical (unpaired) electrons. The first kappa shape index (κ1) is 9.96. The molecule has 0 spiro atoms. The van der Waals surface area contributed by atoms with Gasteiger partial charge in [-0.05, 0) is 20.8 Å². The van der Waals surface area contributed by atoms with Crippen molar-refractivity contribution in [1.29, 1.82) is 0 Å². The van der Waals surface area contributed by atoms with Crippen molar-refractivity contribution in [3.63, 3.8) is 0 Å². The fourth-order valence-electron chi connectivity index (χ4n) is 1.49. The lowest BCUT2D eigenvalue weighted by atomic mass is 10.2. The van der Waals surface area contributed by atoms with E-state index in [0.29, 0.717) is 13.2 Å². The molecule has 1 saturated heterocycles. The third kappa shape index (κ3) is 2.44. The van der Waals surface area contributed by atoms with Gasteiger partial charge in [0.15, 0.2) is 12.1 Å². The highest BCUT2D eigenvalue weighted by atomic mass is 16.8. The fourth-order valence-corrected chi connectivity index (χ4v) is 1.49. The minimum absolute atomic E-state index is 0.0634. The Balaban J connectivity index is 2.32. The molecule has 0 aliphatic carbocycles. The molecule has 2 atom stereocenters. The van der Waals surface area contributed by atoms with Crippen molar-refractivity contribution < 1.29 is 14.2 Å². The van der Waals surface area contributed by atoms with Crippen LogP contribution in [0.1, 0.15) is 33.6 Å². The van der Waals surface area contributed by atoms with Gasteiger partial charge in [-0.3, -0.25) is 0 Å². The third-order valence-electron chi connectivity index (χ3n) is 2.02. The summed E-state index contributed by atoms with van der Waals surface area (Å²) < 4.78 is 16.4. The van der Waals surface area contributed by atoms with Crippen LogP contribution in [0.2, 0.25) is 0 Å². The molecule has 0 amide bonds. The third-order valence-corrected chi connectivity index (χ3v) is 2.02. The zero-order valence-electron chi connectivity index (χ0n) is 8.13. The van der Waals surface area contributed by atoms with Gasteiger partial charge in [-0.25, -0.2) is 0 Å². The maximum Gasteiger partial charge on any atom is 0.168 e. The second-order valence-electron chi connectivity index (χ2n) is 3.11. The summed E-state index contributed by atoms with van der Waals surface area (Å²) in [7, 11) is 0. The molecule has 1 fully saturated rings. The molecule has 0 N–H and O–H groups in total. The van der Waals surface area contributed by atoms with Crippen LogP contribution in [-0.4, -0.2) is 25.3 Å². The first-order valence-corrected chi connectivity index (χ1v) is 4.63. The summed E-state index contributed by atoms with van der Waals surface area (Å²) in [6, 6.07) is 0. The highest BCUT2D eigenvalue weighted by Crippen LogP contribution is 2.31. The summed E-state index contributed by atoms with van der Waals surface area (Å²) in [5.74, 6) is -0.408. The largest absolute Gasteiger partial charge is 0.353 e. The molecule has 1 aliphatic heterocycles. The quantitative estimate of drug-likeness (QED) is 0.651. The lowest BCUT2D eigenvalue weighted by molar-refractivity contribution is -0.259. The SMILES string of the molecule is CCOC1CCC(C)(OCC)O1. The molecular weight excluding hydrogens is 156 g/mol. The lowest BCUT2D eigenvalue weighted by Gasteiger charge is -2.24. The van der Waals surface area contributed by atoms with Crippen LogP contribution in [0.3, 0.4) is 0 Å². The Kier molecular flexibility index (Phi) is 3.50. The van der Waals surface area contributed by atoms with Crippen molar-refractivity contribution in [2.24, 2.45) is 0 Å². The van der Waals surface area contributed by atoms with Gasteiger partial charge < -0.3 is 14.2 Å². The molecule has 72 valence electrons. The molecule has 3 nitrogen and oxygen atoms in total. The second-order valence-corrected chi connectivity index (χ2v) is 3.11. The molecule has 1 rings (SSSR count). The van der Waals surface area contributed by atoms with E-state index in [1.54, 1.807) is 0 Å². The van der Waals surface area contributed by atoms with Gasteiger partial charge in [0.1, 0.15) is 0 Å². The van der Waals surface area contributed by atoms with Crippen molar-refractivity contribution >= 4 is 0 Å². The summed E-state index contributed by atoms with van der Waals surface area (Å²) in [5, 5.41) is 0. The molecule has 1 aliphatic rings. The van der Waals surface area contributed by atoms with Crippen LogP contribution in [-0.2, 0) is 14.2 Å². The number of hydrogen-bond donors (Lipinski definition) is 0. The Labute approximate surface area is 74.0 Å². The van der Waals surface area contributed by atoms with Crippen molar-refractivity contribution in [2.45, 2.75) is 45.7 Å². The van der Waals surface area contributed by atoms with E-state index in [0.717, 1.165) is 12.8 Å². The van der Waals surface area contributed by atoms with E-state index >= 15 is 0 Å². The standard InChI is InChI=1S/C9H18O3/c1-4-10-8-6-7-9(3,12-8)11-5-2/h8H,4-7H2,1-3H3. The van der Waals surface area contributed by atoms with Crippen LogP contribution >= 0.6 is 0 Å². The Morgan fingerprint density at radius 1 is 1.42 bits per heavy atom. The van der Waals surface area contributed by atoms with Gasteiger partial charge >= 0.3 is 0 Å². The van der Waals surface area contributed by atoms with Crippen LogP contribution in [0.15, 0.2) is 0 Å². The number of rotatable bonds is 4. The topological polar surface area (TPSA) is 27.7 Å². The van der Waals surface area contributed by atoms with Gasteiger partial charge in [-0.1, -0.05) is 0 Å². The van der Waals surface area contributed by atoms with E-state index < -0.39 is 5.79 Å².